The zero-order valence-corrected chi connectivity index (χ0v) is 28.0. The summed E-state index contributed by atoms with van der Waals surface area (Å²) in [6.07, 6.45) is 27.6. The summed E-state index contributed by atoms with van der Waals surface area (Å²) in [6.45, 7) is 2.17. The van der Waals surface area contributed by atoms with E-state index in [9.17, 15) is 30.6 Å². The van der Waals surface area contributed by atoms with Crippen molar-refractivity contribution in [1.82, 2.24) is 0 Å². The Balaban J connectivity index is 0. The van der Waals surface area contributed by atoms with Crippen molar-refractivity contribution >= 4 is 11.9 Å². The zero-order chi connectivity index (χ0) is 33.7. The first-order valence-corrected chi connectivity index (χ1v) is 17.3. The lowest BCUT2D eigenvalue weighted by molar-refractivity contribution is -0.173. The van der Waals surface area contributed by atoms with Gasteiger partial charge in [0.1, 0.15) is 0 Å². The predicted octanol–water partition coefficient (Wildman–Crippen LogP) is 6.76. The first-order valence-electron chi connectivity index (χ1n) is 17.3. The molecule has 3 rings (SSSR count). The summed E-state index contributed by atoms with van der Waals surface area (Å²) >= 11 is 0. The molecule has 0 amide bonds. The van der Waals surface area contributed by atoms with Crippen molar-refractivity contribution in [3.63, 3.8) is 0 Å². The molecule has 3 aliphatic rings. The van der Waals surface area contributed by atoms with Gasteiger partial charge in [0.2, 0.25) is 0 Å². The maximum absolute atomic E-state index is 9.45. The number of rotatable bonds is 0. The van der Waals surface area contributed by atoms with Crippen molar-refractivity contribution in [3.8, 4) is 0 Å². The van der Waals surface area contributed by atoms with Gasteiger partial charge in [-0.25, -0.2) is 0 Å². The molecule has 0 spiro atoms. The van der Waals surface area contributed by atoms with Crippen LogP contribution >= 0.6 is 0 Å². The molecule has 0 aromatic rings. The van der Waals surface area contributed by atoms with Crippen molar-refractivity contribution in [2.24, 2.45) is 0 Å². The van der Waals surface area contributed by atoms with Gasteiger partial charge in [-0.3, -0.25) is 9.59 Å². The number of aliphatic carboxylic acids is 2. The highest BCUT2D eigenvalue weighted by Gasteiger charge is 2.23. The minimum Gasteiger partial charge on any atom is -0.481 e. The van der Waals surface area contributed by atoms with Gasteiger partial charge in [-0.2, -0.15) is 0 Å². The van der Waals surface area contributed by atoms with Crippen LogP contribution in [0.15, 0.2) is 0 Å². The average molecular weight is 637 g/mol. The third-order valence-corrected chi connectivity index (χ3v) is 7.96. The first kappa shape index (κ1) is 44.8. The molecule has 0 radical (unpaired) electrons. The number of aliphatic hydroxyl groups is 6. The topological polar surface area (TPSA) is 196 Å². The molecule has 0 saturated heterocycles. The van der Waals surface area contributed by atoms with E-state index in [-0.39, 0.29) is 0 Å². The SMILES string of the molecule is CC(=O)O.CC(=O)O.OC1(O)CCCCCCCCC1.OC1(O)CCCCCCCCC1.OC1(O)CCCCCCCCC1. The Labute approximate surface area is 266 Å². The van der Waals surface area contributed by atoms with Crippen molar-refractivity contribution in [3.05, 3.63) is 0 Å². The van der Waals surface area contributed by atoms with Crippen LogP contribution in [0.2, 0.25) is 0 Å². The van der Waals surface area contributed by atoms with E-state index in [1.807, 2.05) is 0 Å². The summed E-state index contributed by atoms with van der Waals surface area (Å²) in [5.41, 5.74) is 0. The Morgan fingerprint density at radius 1 is 0.318 bits per heavy atom. The van der Waals surface area contributed by atoms with E-state index in [0.717, 1.165) is 90.9 Å². The first-order chi connectivity index (χ1) is 20.6. The number of hydrogen-bond acceptors (Lipinski definition) is 8. The third-order valence-electron chi connectivity index (χ3n) is 7.96. The Morgan fingerprint density at radius 3 is 0.523 bits per heavy atom. The zero-order valence-electron chi connectivity index (χ0n) is 28.0. The smallest absolute Gasteiger partial charge is 0.300 e. The van der Waals surface area contributed by atoms with Crippen molar-refractivity contribution in [2.45, 2.75) is 205 Å². The second-order valence-electron chi connectivity index (χ2n) is 12.9. The molecule has 264 valence electrons. The van der Waals surface area contributed by atoms with Gasteiger partial charge in [0.05, 0.1) is 0 Å². The van der Waals surface area contributed by atoms with Crippen molar-refractivity contribution in [1.29, 1.82) is 0 Å². The number of carboxylic acids is 2. The lowest BCUT2D eigenvalue weighted by Gasteiger charge is -2.22. The second-order valence-corrected chi connectivity index (χ2v) is 12.9. The molecule has 0 unspecified atom stereocenters. The Bertz CT molecular complexity index is 552. The van der Waals surface area contributed by atoms with Gasteiger partial charge in [-0.15, -0.1) is 0 Å². The predicted molar refractivity (Wildman–Crippen MR) is 173 cm³/mol. The Morgan fingerprint density at radius 2 is 0.409 bits per heavy atom. The van der Waals surface area contributed by atoms with E-state index >= 15 is 0 Å². The van der Waals surface area contributed by atoms with E-state index in [0.29, 0.717) is 38.5 Å². The quantitative estimate of drug-likeness (QED) is 0.132. The van der Waals surface area contributed by atoms with Gasteiger partial charge in [0.25, 0.3) is 11.9 Å². The Hall–Kier alpha value is -1.30. The molecule has 8 N–H and O–H groups in total. The largest absolute Gasteiger partial charge is 0.481 e. The molecule has 0 heterocycles. The van der Waals surface area contributed by atoms with Gasteiger partial charge >= 0.3 is 0 Å². The molecular weight excluding hydrogens is 568 g/mol. The van der Waals surface area contributed by atoms with Gasteiger partial charge in [0.15, 0.2) is 17.4 Å². The van der Waals surface area contributed by atoms with E-state index in [2.05, 4.69) is 0 Å². The molecule has 0 aromatic heterocycles. The summed E-state index contributed by atoms with van der Waals surface area (Å²) in [5, 5.41) is 71.5. The highest BCUT2D eigenvalue weighted by atomic mass is 16.5. The number of carbonyl (C=O) groups is 2. The monoisotopic (exact) mass is 636 g/mol. The van der Waals surface area contributed by atoms with Crippen molar-refractivity contribution < 1.29 is 50.4 Å². The maximum atomic E-state index is 9.45. The fourth-order valence-corrected chi connectivity index (χ4v) is 5.48. The lowest BCUT2D eigenvalue weighted by atomic mass is 9.97. The van der Waals surface area contributed by atoms with Crippen LogP contribution < -0.4 is 0 Å². The van der Waals surface area contributed by atoms with Crippen molar-refractivity contribution in [2.75, 3.05) is 0 Å². The fraction of sp³-hybridized carbons (Fsp3) is 0.941. The van der Waals surface area contributed by atoms with Crippen LogP contribution in [-0.4, -0.2) is 70.2 Å². The van der Waals surface area contributed by atoms with Crippen LogP contribution in [0.4, 0.5) is 0 Å². The van der Waals surface area contributed by atoms with Gasteiger partial charge in [-0.1, -0.05) is 96.3 Å². The molecule has 10 heteroatoms. The highest BCUT2D eigenvalue weighted by molar-refractivity contribution is 5.63. The summed E-state index contributed by atoms with van der Waals surface area (Å²) < 4.78 is 0. The number of carboxylic acid groups (broad SMARTS) is 2. The lowest BCUT2D eigenvalue weighted by Crippen LogP contribution is -2.27. The van der Waals surface area contributed by atoms with Crippen LogP contribution in [-0.2, 0) is 9.59 Å². The highest BCUT2D eigenvalue weighted by Crippen LogP contribution is 2.24. The molecule has 10 nitrogen and oxygen atoms in total. The van der Waals surface area contributed by atoms with E-state index in [1.165, 1.54) is 57.8 Å². The van der Waals surface area contributed by atoms with E-state index in [4.69, 9.17) is 19.8 Å². The maximum Gasteiger partial charge on any atom is 0.300 e. The molecule has 0 aromatic carbocycles. The molecule has 3 aliphatic carbocycles. The summed E-state index contributed by atoms with van der Waals surface area (Å²) in [4.78, 5) is 18.0. The summed E-state index contributed by atoms with van der Waals surface area (Å²) in [5.74, 6) is -5.76. The second kappa shape index (κ2) is 28.0. The summed E-state index contributed by atoms with van der Waals surface area (Å²) in [6, 6.07) is 0. The molecule has 0 aliphatic heterocycles. The average Bonchev–Trinajstić information content (AvgIpc) is 2.90. The molecular formula is C34H68O10. The minimum absolute atomic E-state index is 0.562. The van der Waals surface area contributed by atoms with Crippen LogP contribution in [0.1, 0.15) is 187 Å². The van der Waals surface area contributed by atoms with Gasteiger partial charge in [0, 0.05) is 52.4 Å². The molecule has 3 saturated carbocycles. The van der Waals surface area contributed by atoms with E-state index in [1.54, 1.807) is 0 Å². The molecule has 0 atom stereocenters. The van der Waals surface area contributed by atoms with Crippen LogP contribution in [0.25, 0.3) is 0 Å². The van der Waals surface area contributed by atoms with Crippen LogP contribution in [0.5, 0.6) is 0 Å². The molecule has 0 bridgehead atoms. The molecule has 44 heavy (non-hydrogen) atoms. The fourth-order valence-electron chi connectivity index (χ4n) is 5.48. The van der Waals surface area contributed by atoms with Gasteiger partial charge < -0.3 is 40.9 Å². The minimum atomic E-state index is -1.36. The van der Waals surface area contributed by atoms with E-state index < -0.39 is 29.3 Å². The Kier molecular flexibility index (Phi) is 28.5. The molecule has 3 fully saturated rings. The van der Waals surface area contributed by atoms with Gasteiger partial charge in [-0.05, 0) is 38.5 Å². The third kappa shape index (κ3) is 38.7. The standard InChI is InChI=1S/3C10H20O2.2C2H4O2/c3*11-10(12)8-6-4-2-1-3-5-7-9-10;2*1-2(3)4/h3*11-12H,1-9H2;2*1H3,(H,3,4). The normalized spacial score (nSPS) is 22.8. The van der Waals surface area contributed by atoms with Crippen LogP contribution in [0, 0.1) is 0 Å². The summed E-state index contributed by atoms with van der Waals surface area (Å²) in [7, 11) is 0. The van der Waals surface area contributed by atoms with Crippen LogP contribution in [0.3, 0.4) is 0 Å². The number of hydrogen-bond donors (Lipinski definition) is 8.